The third-order valence-corrected chi connectivity index (χ3v) is 4.48. The minimum atomic E-state index is -0.0806. The van der Waals surface area contributed by atoms with Crippen LogP contribution in [-0.4, -0.2) is 24.0 Å². The lowest BCUT2D eigenvalue weighted by atomic mass is 10.1. The Labute approximate surface area is 167 Å². The summed E-state index contributed by atoms with van der Waals surface area (Å²) in [6, 6.07) is 30.0. The van der Waals surface area contributed by atoms with Crippen molar-refractivity contribution in [2.75, 3.05) is 18.4 Å². The number of anilines is 1. The second-order valence-corrected chi connectivity index (χ2v) is 6.85. The Morgan fingerprint density at radius 3 is 2.07 bits per heavy atom. The van der Waals surface area contributed by atoms with Gasteiger partial charge in [-0.05, 0) is 36.6 Å². The van der Waals surface area contributed by atoms with Crippen molar-refractivity contribution in [3.05, 3.63) is 108 Å². The van der Waals surface area contributed by atoms with Crippen LogP contribution >= 0.6 is 0 Å². The van der Waals surface area contributed by atoms with Gasteiger partial charge in [-0.3, -0.25) is 0 Å². The molecule has 3 nitrogen and oxygen atoms in total. The average Bonchev–Trinajstić information content (AvgIpc) is 2.73. The summed E-state index contributed by atoms with van der Waals surface area (Å²) in [6.07, 6.45) is 2.95. The van der Waals surface area contributed by atoms with Gasteiger partial charge >= 0.3 is 6.03 Å². The second kappa shape index (κ2) is 10.1. The molecule has 28 heavy (non-hydrogen) atoms. The molecular weight excluding hydrogens is 344 g/mol. The van der Waals surface area contributed by atoms with Gasteiger partial charge in [0.15, 0.2) is 0 Å². The molecule has 1 N–H and O–H groups in total. The van der Waals surface area contributed by atoms with E-state index in [1.165, 1.54) is 5.56 Å². The van der Waals surface area contributed by atoms with Crippen LogP contribution in [0.5, 0.6) is 0 Å². The zero-order chi connectivity index (χ0) is 19.6. The van der Waals surface area contributed by atoms with Crippen LogP contribution in [0.25, 0.3) is 6.08 Å². The van der Waals surface area contributed by atoms with Gasteiger partial charge in [0.2, 0.25) is 0 Å². The van der Waals surface area contributed by atoms with Crippen LogP contribution in [0.1, 0.15) is 18.1 Å². The number of nitrogens with zero attached hydrogens (tertiary/aromatic N) is 1. The van der Waals surface area contributed by atoms with Crippen molar-refractivity contribution in [1.82, 2.24) is 4.90 Å². The zero-order valence-corrected chi connectivity index (χ0v) is 16.2. The first-order chi connectivity index (χ1) is 13.7. The maximum Gasteiger partial charge on any atom is 0.322 e. The molecule has 3 rings (SSSR count). The Bertz CT molecular complexity index is 890. The molecule has 2 amide bonds. The predicted octanol–water partition coefficient (Wildman–Crippen LogP) is 5.87. The van der Waals surface area contributed by atoms with Crippen molar-refractivity contribution in [1.29, 1.82) is 0 Å². The number of para-hydroxylation sites is 1. The standard InChI is InChI=1S/C25H26N2O/c1-21(19-23-13-7-3-8-14-23)20-27(18-17-22-11-5-2-6-12-22)25(28)26-24-15-9-4-10-16-24/h2-16,19H,17-18,20H2,1H3,(H,26,28)/b21-19+. The van der Waals surface area contributed by atoms with E-state index in [-0.39, 0.29) is 6.03 Å². The van der Waals surface area contributed by atoms with Gasteiger partial charge in [-0.1, -0.05) is 90.5 Å². The Kier molecular flexibility index (Phi) is 7.02. The molecule has 0 bridgehead atoms. The highest BCUT2D eigenvalue weighted by Crippen LogP contribution is 2.12. The number of amides is 2. The molecule has 0 heterocycles. The number of rotatable bonds is 7. The quantitative estimate of drug-likeness (QED) is 0.554. The normalized spacial score (nSPS) is 11.1. The average molecular weight is 370 g/mol. The van der Waals surface area contributed by atoms with Crippen molar-refractivity contribution >= 4 is 17.8 Å². The molecule has 0 aliphatic heterocycles. The summed E-state index contributed by atoms with van der Waals surface area (Å²) in [5.41, 5.74) is 4.32. The van der Waals surface area contributed by atoms with E-state index in [9.17, 15) is 4.79 Å². The van der Waals surface area contributed by atoms with Gasteiger partial charge in [0.05, 0.1) is 0 Å². The van der Waals surface area contributed by atoms with Gasteiger partial charge in [0.25, 0.3) is 0 Å². The number of carbonyl (C=O) groups is 1. The van der Waals surface area contributed by atoms with Crippen LogP contribution in [0.3, 0.4) is 0 Å². The van der Waals surface area contributed by atoms with Crippen LogP contribution < -0.4 is 5.32 Å². The van der Waals surface area contributed by atoms with E-state index in [2.05, 4.69) is 42.6 Å². The maximum atomic E-state index is 12.9. The van der Waals surface area contributed by atoms with E-state index in [4.69, 9.17) is 0 Å². The van der Waals surface area contributed by atoms with E-state index in [1.54, 1.807) is 0 Å². The number of benzene rings is 3. The summed E-state index contributed by atoms with van der Waals surface area (Å²) in [5, 5.41) is 3.01. The summed E-state index contributed by atoms with van der Waals surface area (Å²) in [7, 11) is 0. The Hall–Kier alpha value is -3.33. The maximum absolute atomic E-state index is 12.9. The van der Waals surface area contributed by atoms with Crippen molar-refractivity contribution in [2.24, 2.45) is 0 Å². The molecule has 0 aliphatic rings. The highest BCUT2D eigenvalue weighted by atomic mass is 16.2. The highest BCUT2D eigenvalue weighted by molar-refractivity contribution is 5.89. The summed E-state index contributed by atoms with van der Waals surface area (Å²) in [4.78, 5) is 14.8. The summed E-state index contributed by atoms with van der Waals surface area (Å²) < 4.78 is 0. The first kappa shape index (κ1) is 19.4. The minimum Gasteiger partial charge on any atom is -0.320 e. The highest BCUT2D eigenvalue weighted by Gasteiger charge is 2.14. The molecule has 0 saturated carbocycles. The molecule has 3 aromatic carbocycles. The second-order valence-electron chi connectivity index (χ2n) is 6.85. The van der Waals surface area contributed by atoms with E-state index in [1.807, 2.05) is 71.6 Å². The van der Waals surface area contributed by atoms with Gasteiger partial charge in [-0.15, -0.1) is 0 Å². The van der Waals surface area contributed by atoms with E-state index >= 15 is 0 Å². The number of hydrogen-bond donors (Lipinski definition) is 1. The Morgan fingerprint density at radius 1 is 0.857 bits per heavy atom. The molecule has 3 aromatic rings. The lowest BCUT2D eigenvalue weighted by molar-refractivity contribution is 0.216. The number of hydrogen-bond acceptors (Lipinski definition) is 1. The van der Waals surface area contributed by atoms with Crippen LogP contribution in [0.15, 0.2) is 96.6 Å². The molecule has 142 valence electrons. The first-order valence-electron chi connectivity index (χ1n) is 9.58. The smallest absolute Gasteiger partial charge is 0.320 e. The predicted molar refractivity (Wildman–Crippen MR) is 117 cm³/mol. The van der Waals surface area contributed by atoms with Crippen LogP contribution in [0.2, 0.25) is 0 Å². The summed E-state index contributed by atoms with van der Waals surface area (Å²) in [5.74, 6) is 0. The van der Waals surface area contributed by atoms with Crippen LogP contribution in [-0.2, 0) is 6.42 Å². The number of carbonyl (C=O) groups excluding carboxylic acids is 1. The Morgan fingerprint density at radius 2 is 1.43 bits per heavy atom. The SMILES string of the molecule is C/C(=C\c1ccccc1)CN(CCc1ccccc1)C(=O)Nc1ccccc1. The van der Waals surface area contributed by atoms with Crippen molar-refractivity contribution in [3.8, 4) is 0 Å². The minimum absolute atomic E-state index is 0.0806. The van der Waals surface area contributed by atoms with Crippen LogP contribution in [0, 0.1) is 0 Å². The molecule has 0 saturated heterocycles. The molecule has 3 heteroatoms. The lowest BCUT2D eigenvalue weighted by Gasteiger charge is -2.24. The van der Waals surface area contributed by atoms with Gasteiger partial charge in [0, 0.05) is 18.8 Å². The Balaban J connectivity index is 1.71. The van der Waals surface area contributed by atoms with E-state index in [0.717, 1.165) is 23.2 Å². The van der Waals surface area contributed by atoms with Crippen LogP contribution in [0.4, 0.5) is 10.5 Å². The summed E-state index contributed by atoms with van der Waals surface area (Å²) in [6.45, 7) is 3.31. The van der Waals surface area contributed by atoms with E-state index in [0.29, 0.717) is 13.1 Å². The topological polar surface area (TPSA) is 32.3 Å². The van der Waals surface area contributed by atoms with Crippen molar-refractivity contribution < 1.29 is 4.79 Å². The number of urea groups is 1. The molecule has 0 radical (unpaired) electrons. The third kappa shape index (κ3) is 6.13. The largest absolute Gasteiger partial charge is 0.322 e. The molecule has 0 aromatic heterocycles. The van der Waals surface area contributed by atoms with Gasteiger partial charge < -0.3 is 10.2 Å². The molecular formula is C25H26N2O. The van der Waals surface area contributed by atoms with E-state index < -0.39 is 0 Å². The lowest BCUT2D eigenvalue weighted by Crippen LogP contribution is -2.37. The zero-order valence-electron chi connectivity index (χ0n) is 16.2. The molecule has 0 unspecified atom stereocenters. The fraction of sp³-hybridized carbons (Fsp3) is 0.160. The first-order valence-corrected chi connectivity index (χ1v) is 9.58. The fourth-order valence-electron chi connectivity index (χ4n) is 3.07. The molecule has 0 atom stereocenters. The monoisotopic (exact) mass is 370 g/mol. The fourth-order valence-corrected chi connectivity index (χ4v) is 3.07. The van der Waals surface area contributed by atoms with Gasteiger partial charge in [-0.25, -0.2) is 4.79 Å². The third-order valence-electron chi connectivity index (χ3n) is 4.48. The van der Waals surface area contributed by atoms with Gasteiger partial charge in [-0.2, -0.15) is 0 Å². The summed E-state index contributed by atoms with van der Waals surface area (Å²) >= 11 is 0. The molecule has 0 aliphatic carbocycles. The van der Waals surface area contributed by atoms with Crippen molar-refractivity contribution in [3.63, 3.8) is 0 Å². The molecule has 0 spiro atoms. The number of nitrogens with one attached hydrogen (secondary N) is 1. The molecule has 0 fully saturated rings. The van der Waals surface area contributed by atoms with Gasteiger partial charge in [0.1, 0.15) is 0 Å². The van der Waals surface area contributed by atoms with Crippen molar-refractivity contribution in [2.45, 2.75) is 13.3 Å².